The van der Waals surface area contributed by atoms with Gasteiger partial charge in [-0.05, 0) is 37.8 Å². The van der Waals surface area contributed by atoms with Gasteiger partial charge in [0.1, 0.15) is 0 Å². The third-order valence-corrected chi connectivity index (χ3v) is 3.95. The molecule has 1 aliphatic rings. The molecular weight excluding hydrogens is 222 g/mol. The van der Waals surface area contributed by atoms with Gasteiger partial charge in [0.2, 0.25) is 0 Å². The van der Waals surface area contributed by atoms with Crippen molar-refractivity contribution in [2.45, 2.75) is 39.0 Å². The average molecular weight is 245 g/mol. The second kappa shape index (κ2) is 6.03. The van der Waals surface area contributed by atoms with Gasteiger partial charge in [0.05, 0.1) is 0 Å². The monoisotopic (exact) mass is 245 g/mol. The molecule has 0 unspecified atom stereocenters. The third kappa shape index (κ3) is 3.12. The molecule has 0 saturated heterocycles. The second-order valence-corrected chi connectivity index (χ2v) is 5.46. The summed E-state index contributed by atoms with van der Waals surface area (Å²) in [6.45, 7) is 2.72. The highest BCUT2D eigenvalue weighted by Crippen LogP contribution is 2.27. The van der Waals surface area contributed by atoms with E-state index in [1.54, 1.807) is 6.92 Å². The highest BCUT2D eigenvalue weighted by Gasteiger charge is 2.17. The Kier molecular flexibility index (Phi) is 4.40. The fourth-order valence-electron chi connectivity index (χ4n) is 2.96. The van der Waals surface area contributed by atoms with Gasteiger partial charge in [0.25, 0.3) is 0 Å². The SMILES string of the molecule is CC(=O)c1ccccc1N(C)CC1CCCCC1. The molecule has 1 fully saturated rings. The summed E-state index contributed by atoms with van der Waals surface area (Å²) in [5, 5.41) is 0. The van der Waals surface area contributed by atoms with Crippen molar-refractivity contribution in [3.8, 4) is 0 Å². The van der Waals surface area contributed by atoms with Crippen molar-refractivity contribution >= 4 is 11.5 Å². The van der Waals surface area contributed by atoms with Gasteiger partial charge in [-0.15, -0.1) is 0 Å². The molecule has 0 radical (unpaired) electrons. The minimum atomic E-state index is 0.154. The Bertz CT molecular complexity index is 407. The van der Waals surface area contributed by atoms with Gasteiger partial charge in [0.15, 0.2) is 5.78 Å². The largest absolute Gasteiger partial charge is 0.374 e. The van der Waals surface area contributed by atoms with Gasteiger partial charge < -0.3 is 4.90 Å². The fraction of sp³-hybridized carbons (Fsp3) is 0.562. The molecule has 0 aliphatic heterocycles. The second-order valence-electron chi connectivity index (χ2n) is 5.46. The van der Waals surface area contributed by atoms with Gasteiger partial charge in [-0.25, -0.2) is 0 Å². The van der Waals surface area contributed by atoms with E-state index in [0.29, 0.717) is 0 Å². The summed E-state index contributed by atoms with van der Waals surface area (Å²) in [7, 11) is 2.11. The summed E-state index contributed by atoms with van der Waals surface area (Å²) < 4.78 is 0. The molecule has 0 N–H and O–H groups in total. The highest BCUT2D eigenvalue weighted by atomic mass is 16.1. The van der Waals surface area contributed by atoms with E-state index in [0.717, 1.165) is 23.7 Å². The van der Waals surface area contributed by atoms with E-state index in [2.05, 4.69) is 18.0 Å². The van der Waals surface area contributed by atoms with Crippen molar-refractivity contribution in [1.29, 1.82) is 0 Å². The number of nitrogens with zero attached hydrogens (tertiary/aromatic N) is 1. The minimum absolute atomic E-state index is 0.154. The lowest BCUT2D eigenvalue weighted by Gasteiger charge is -2.29. The molecule has 0 spiro atoms. The highest BCUT2D eigenvalue weighted by molar-refractivity contribution is 5.99. The number of hydrogen-bond donors (Lipinski definition) is 0. The lowest BCUT2D eigenvalue weighted by atomic mass is 9.89. The first-order chi connectivity index (χ1) is 8.68. The summed E-state index contributed by atoms with van der Waals surface area (Å²) in [6, 6.07) is 7.93. The molecule has 18 heavy (non-hydrogen) atoms. The fourth-order valence-corrected chi connectivity index (χ4v) is 2.96. The van der Waals surface area contributed by atoms with Gasteiger partial charge >= 0.3 is 0 Å². The Labute approximate surface area is 110 Å². The van der Waals surface area contributed by atoms with Crippen molar-refractivity contribution in [3.05, 3.63) is 29.8 Å². The predicted molar refractivity (Wildman–Crippen MR) is 76.3 cm³/mol. The Morgan fingerprint density at radius 1 is 1.22 bits per heavy atom. The lowest BCUT2D eigenvalue weighted by molar-refractivity contribution is 0.101. The summed E-state index contributed by atoms with van der Waals surface area (Å²) in [4.78, 5) is 13.9. The van der Waals surface area contributed by atoms with Crippen LogP contribution in [-0.4, -0.2) is 19.4 Å². The normalized spacial score (nSPS) is 16.6. The zero-order valence-electron chi connectivity index (χ0n) is 11.5. The molecule has 1 aromatic rings. The van der Waals surface area contributed by atoms with Crippen molar-refractivity contribution in [3.63, 3.8) is 0 Å². The summed E-state index contributed by atoms with van der Waals surface area (Å²) in [6.07, 6.45) is 6.81. The smallest absolute Gasteiger partial charge is 0.161 e. The molecule has 0 aromatic heterocycles. The van der Waals surface area contributed by atoms with Gasteiger partial charge in [-0.3, -0.25) is 4.79 Å². The Morgan fingerprint density at radius 3 is 2.56 bits per heavy atom. The number of rotatable bonds is 4. The van der Waals surface area contributed by atoms with Crippen molar-refractivity contribution in [2.24, 2.45) is 5.92 Å². The maximum atomic E-state index is 11.6. The molecule has 0 heterocycles. The first-order valence-corrected chi connectivity index (χ1v) is 6.99. The summed E-state index contributed by atoms with van der Waals surface area (Å²) in [5.74, 6) is 0.949. The maximum absolute atomic E-state index is 11.6. The number of para-hydroxylation sites is 1. The lowest BCUT2D eigenvalue weighted by Crippen LogP contribution is -2.27. The van der Waals surface area contributed by atoms with Crippen LogP contribution < -0.4 is 4.90 Å². The summed E-state index contributed by atoms with van der Waals surface area (Å²) in [5.41, 5.74) is 1.92. The number of carbonyl (C=O) groups is 1. The number of ketones is 1. The predicted octanol–water partition coefficient (Wildman–Crippen LogP) is 3.91. The van der Waals surface area contributed by atoms with Crippen molar-refractivity contribution in [2.75, 3.05) is 18.5 Å². The van der Waals surface area contributed by atoms with Crippen LogP contribution in [0, 0.1) is 5.92 Å². The van der Waals surface area contributed by atoms with Crippen LogP contribution in [0.1, 0.15) is 49.4 Å². The maximum Gasteiger partial charge on any atom is 0.161 e. The van der Waals surface area contributed by atoms with Crippen LogP contribution >= 0.6 is 0 Å². The van der Waals surface area contributed by atoms with Gasteiger partial charge in [-0.2, -0.15) is 0 Å². The van der Waals surface area contributed by atoms with E-state index < -0.39 is 0 Å². The molecule has 1 aromatic carbocycles. The number of Topliss-reactive ketones (excluding diaryl/α,β-unsaturated/α-hetero) is 1. The first kappa shape index (κ1) is 13.1. The third-order valence-electron chi connectivity index (χ3n) is 3.95. The molecule has 2 rings (SSSR count). The van der Waals surface area contributed by atoms with Crippen LogP contribution in [-0.2, 0) is 0 Å². The topological polar surface area (TPSA) is 20.3 Å². The molecule has 2 heteroatoms. The first-order valence-electron chi connectivity index (χ1n) is 6.99. The van der Waals surface area contributed by atoms with Crippen molar-refractivity contribution in [1.82, 2.24) is 0 Å². The number of benzene rings is 1. The molecule has 98 valence electrons. The van der Waals surface area contributed by atoms with E-state index >= 15 is 0 Å². The zero-order valence-corrected chi connectivity index (χ0v) is 11.5. The summed E-state index contributed by atoms with van der Waals surface area (Å²) >= 11 is 0. The van der Waals surface area contributed by atoms with Gasteiger partial charge in [0, 0.05) is 24.8 Å². The van der Waals surface area contributed by atoms with Crippen LogP contribution in [0.2, 0.25) is 0 Å². The van der Waals surface area contributed by atoms with Crippen LogP contribution in [0.4, 0.5) is 5.69 Å². The van der Waals surface area contributed by atoms with E-state index in [-0.39, 0.29) is 5.78 Å². The molecule has 0 amide bonds. The average Bonchev–Trinajstić information content (AvgIpc) is 2.40. The molecule has 1 aliphatic carbocycles. The van der Waals surface area contributed by atoms with E-state index in [9.17, 15) is 4.79 Å². The molecule has 2 nitrogen and oxygen atoms in total. The van der Waals surface area contributed by atoms with Crippen LogP contribution in [0.3, 0.4) is 0 Å². The Morgan fingerprint density at radius 2 is 1.89 bits per heavy atom. The van der Waals surface area contributed by atoms with Gasteiger partial charge in [-0.1, -0.05) is 31.4 Å². The molecular formula is C16H23NO. The minimum Gasteiger partial charge on any atom is -0.374 e. The zero-order chi connectivity index (χ0) is 13.0. The van der Waals surface area contributed by atoms with E-state index in [4.69, 9.17) is 0 Å². The van der Waals surface area contributed by atoms with E-state index in [1.165, 1.54) is 32.1 Å². The van der Waals surface area contributed by atoms with Crippen LogP contribution in [0.5, 0.6) is 0 Å². The van der Waals surface area contributed by atoms with Crippen LogP contribution in [0.15, 0.2) is 24.3 Å². The van der Waals surface area contributed by atoms with Crippen molar-refractivity contribution < 1.29 is 4.79 Å². The van der Waals surface area contributed by atoms with Crippen LogP contribution in [0.25, 0.3) is 0 Å². The Hall–Kier alpha value is -1.31. The molecule has 0 bridgehead atoms. The molecule has 0 atom stereocenters. The molecule has 1 saturated carbocycles. The van der Waals surface area contributed by atoms with E-state index in [1.807, 2.05) is 18.2 Å². The number of anilines is 1. The standard InChI is InChI=1S/C16H23NO/c1-13(18)15-10-6-7-11-16(15)17(2)12-14-8-4-3-5-9-14/h6-7,10-11,14H,3-5,8-9,12H2,1-2H3. The number of carbonyl (C=O) groups excluding carboxylic acids is 1. The quantitative estimate of drug-likeness (QED) is 0.750. The number of hydrogen-bond acceptors (Lipinski definition) is 2. The Balaban J connectivity index is 2.08.